The summed E-state index contributed by atoms with van der Waals surface area (Å²) in [6.45, 7) is -0.165. The summed E-state index contributed by atoms with van der Waals surface area (Å²) in [6, 6.07) is 17.2. The lowest BCUT2D eigenvalue weighted by Crippen LogP contribution is -2.36. The Morgan fingerprint density at radius 1 is 0.639 bits per heavy atom. The van der Waals surface area contributed by atoms with Crippen LogP contribution in [0.3, 0.4) is 0 Å². The summed E-state index contributed by atoms with van der Waals surface area (Å²) >= 11 is 9.57. The number of fused-ring (bicyclic) bond motifs is 8. The van der Waals surface area contributed by atoms with Crippen molar-refractivity contribution < 1.29 is 74.4 Å². The maximum Gasteiger partial charge on any atom is 0.374 e. The average molecular weight is 1100 g/mol. The molecule has 72 heavy (non-hydrogen) atoms. The molecule has 0 aliphatic carbocycles. The first-order valence-corrected chi connectivity index (χ1v) is 28.9. The van der Waals surface area contributed by atoms with Gasteiger partial charge >= 0.3 is 5.89 Å². The number of aromatic nitrogens is 1. The van der Waals surface area contributed by atoms with Crippen molar-refractivity contribution in [3.8, 4) is 5.75 Å². The predicted octanol–water partition coefficient (Wildman–Crippen LogP) is 8.04. The van der Waals surface area contributed by atoms with Gasteiger partial charge in [0, 0.05) is 65.4 Å². The zero-order valence-electron chi connectivity index (χ0n) is 37.4. The van der Waals surface area contributed by atoms with E-state index in [2.05, 4.69) is 20.3 Å². The number of anilines is 1. The van der Waals surface area contributed by atoms with Crippen molar-refractivity contribution in [3.63, 3.8) is 0 Å². The average Bonchev–Trinajstić information content (AvgIpc) is 4.02. The van der Waals surface area contributed by atoms with Crippen LogP contribution >= 0.6 is 24.4 Å². The molecule has 0 bridgehead atoms. The van der Waals surface area contributed by atoms with Crippen LogP contribution in [0.25, 0.3) is 61.1 Å². The molecule has 1 aliphatic heterocycles. The molecule has 0 saturated carbocycles. The highest BCUT2D eigenvalue weighted by Crippen LogP contribution is 2.45. The van der Waals surface area contributed by atoms with E-state index in [1.165, 1.54) is 12.2 Å². The molecule has 4 heterocycles. The summed E-state index contributed by atoms with van der Waals surface area (Å²) in [5, 5.41) is 7.34. The molecule has 0 unspecified atom stereocenters. The normalized spacial score (nSPS) is 14.2. The number of allylic oxidation sites excluding steroid dienone is 3. The SMILES string of the molecule is O=S(=O)(O)CCCN(CCCS(=O)(=O)O)C(=C\C=C1/Oc2cc3c(cc2N1CCCS(=O)(=O)O)oc1ccc(N=C=S)cc13)/C=C/c1oc2cc3c(cc2[n+]1CCCS(=O)(=O)O)oc1ccc(N=C=S)cc13. The molecule has 8 rings (SSSR count). The minimum absolute atomic E-state index is 0.00493. The molecule has 378 valence electrons. The fourth-order valence-corrected chi connectivity index (χ4v) is 10.5. The van der Waals surface area contributed by atoms with Crippen LogP contribution in [-0.4, -0.2) is 110 Å². The molecule has 3 aromatic heterocycles. The second-order valence-corrected chi connectivity index (χ2v) is 23.1. The lowest BCUT2D eigenvalue weighted by atomic mass is 10.1. The largest absolute Gasteiger partial charge is 0.456 e. The molecule has 0 atom stereocenters. The van der Waals surface area contributed by atoms with Crippen LogP contribution in [0.2, 0.25) is 0 Å². The Bertz CT molecular complexity index is 3920. The summed E-state index contributed by atoms with van der Waals surface area (Å²) in [5.41, 5.74) is 4.57. The van der Waals surface area contributed by atoms with Crippen molar-refractivity contribution in [1.29, 1.82) is 0 Å². The molecule has 1 aliphatic rings. The van der Waals surface area contributed by atoms with Gasteiger partial charge in [-0.05, 0) is 104 Å². The van der Waals surface area contributed by atoms with Gasteiger partial charge in [0.2, 0.25) is 11.5 Å². The molecular weight excluding hydrogens is 1060 g/mol. The number of thiocarbonyl (C=S) groups is 2. The van der Waals surface area contributed by atoms with E-state index in [1.807, 2.05) is 0 Å². The zero-order valence-corrected chi connectivity index (χ0v) is 42.3. The number of rotatable bonds is 22. The zero-order chi connectivity index (χ0) is 51.6. The number of oxazole rings is 1. The molecule has 4 N–H and O–H groups in total. The maximum atomic E-state index is 11.9. The number of hydrogen-bond acceptors (Lipinski definition) is 18. The number of furan rings is 2. The van der Waals surface area contributed by atoms with Crippen LogP contribution in [-0.2, 0) is 47.0 Å². The van der Waals surface area contributed by atoms with E-state index in [1.54, 1.807) is 87.2 Å². The van der Waals surface area contributed by atoms with Gasteiger partial charge in [-0.25, -0.2) is 0 Å². The fraction of sp³-hybridized carbons (Fsp3) is 0.267. The Balaban J connectivity index is 1.26. The van der Waals surface area contributed by atoms with Gasteiger partial charge in [-0.1, -0.05) is 0 Å². The van der Waals surface area contributed by atoms with E-state index < -0.39 is 63.5 Å². The molecule has 0 amide bonds. The fourth-order valence-electron chi connectivity index (χ4n) is 8.31. The smallest absolute Gasteiger partial charge is 0.374 e. The first-order chi connectivity index (χ1) is 34.0. The Hall–Kier alpha value is -6.19. The van der Waals surface area contributed by atoms with Crippen LogP contribution in [0, 0.1) is 0 Å². The van der Waals surface area contributed by atoms with Gasteiger partial charge in [0.05, 0.1) is 62.5 Å². The quantitative estimate of drug-likeness (QED) is 0.0164. The maximum absolute atomic E-state index is 11.9. The summed E-state index contributed by atoms with van der Waals surface area (Å²) < 4.78 is 160. The van der Waals surface area contributed by atoms with Gasteiger partial charge in [-0.15, -0.1) is 0 Å². The Morgan fingerprint density at radius 3 is 1.74 bits per heavy atom. The number of aliphatic imine (C=N–C) groups is 2. The number of ether oxygens (including phenoxy) is 1. The minimum atomic E-state index is -4.45. The predicted molar refractivity (Wildman–Crippen MR) is 276 cm³/mol. The van der Waals surface area contributed by atoms with E-state index in [-0.39, 0.29) is 69.3 Å². The number of isothiocyanates is 2. The highest BCUT2D eigenvalue weighted by molar-refractivity contribution is 7.86. The lowest BCUT2D eigenvalue weighted by molar-refractivity contribution is -0.677. The third-order valence-electron chi connectivity index (χ3n) is 11.3. The highest BCUT2D eigenvalue weighted by atomic mass is 32.2. The lowest BCUT2D eigenvalue weighted by Gasteiger charge is -2.26. The van der Waals surface area contributed by atoms with Crippen molar-refractivity contribution in [2.75, 3.05) is 47.5 Å². The summed E-state index contributed by atoms with van der Waals surface area (Å²) in [7, 11) is -17.6. The van der Waals surface area contributed by atoms with Crippen LogP contribution in [0.15, 0.2) is 114 Å². The van der Waals surface area contributed by atoms with Crippen molar-refractivity contribution in [1.82, 2.24) is 4.90 Å². The van der Waals surface area contributed by atoms with Gasteiger partial charge in [-0.2, -0.15) is 48.2 Å². The van der Waals surface area contributed by atoms with Gasteiger partial charge in [-0.3, -0.25) is 18.2 Å². The van der Waals surface area contributed by atoms with Crippen molar-refractivity contribution in [3.05, 3.63) is 96.4 Å². The third-order valence-corrected chi connectivity index (χ3v) is 14.7. The van der Waals surface area contributed by atoms with Gasteiger partial charge in [0.1, 0.15) is 22.3 Å². The van der Waals surface area contributed by atoms with Gasteiger partial charge < -0.3 is 27.8 Å². The second-order valence-electron chi connectivity index (χ2n) is 16.4. The van der Waals surface area contributed by atoms with E-state index in [0.29, 0.717) is 77.8 Å². The second kappa shape index (κ2) is 21.1. The Kier molecular flexibility index (Phi) is 15.3. The minimum Gasteiger partial charge on any atom is -0.456 e. The molecule has 21 nitrogen and oxygen atoms in total. The topological polar surface area (TPSA) is 301 Å². The molecule has 7 aromatic rings. The molecule has 4 aromatic carbocycles. The highest BCUT2D eigenvalue weighted by Gasteiger charge is 2.29. The number of benzene rings is 4. The Morgan fingerprint density at radius 2 is 1.17 bits per heavy atom. The molecule has 0 radical (unpaired) electrons. The van der Waals surface area contributed by atoms with Crippen LogP contribution in [0.1, 0.15) is 31.6 Å². The molecule has 0 saturated heterocycles. The Labute approximate surface area is 422 Å². The molecule has 0 fully saturated rings. The summed E-state index contributed by atoms with van der Waals surface area (Å²) in [5.74, 6) is -1.86. The van der Waals surface area contributed by atoms with E-state index in [4.69, 9.17) is 42.4 Å². The van der Waals surface area contributed by atoms with E-state index in [9.17, 15) is 51.9 Å². The van der Waals surface area contributed by atoms with Crippen LogP contribution < -0.4 is 14.2 Å². The summed E-state index contributed by atoms with van der Waals surface area (Å²) in [4.78, 5) is 11.4. The number of nitrogens with zero attached hydrogens (tertiary/aromatic N) is 5. The number of hydrogen-bond donors (Lipinski definition) is 4. The van der Waals surface area contributed by atoms with Crippen molar-refractivity contribution >= 4 is 153 Å². The molecule has 0 spiro atoms. The first kappa shape index (κ1) is 52.1. The first-order valence-electron chi connectivity index (χ1n) is 21.6. The van der Waals surface area contributed by atoms with E-state index in [0.717, 1.165) is 0 Å². The van der Waals surface area contributed by atoms with Crippen LogP contribution in [0.4, 0.5) is 17.1 Å². The van der Waals surface area contributed by atoms with Gasteiger partial charge in [0.15, 0.2) is 12.3 Å². The summed E-state index contributed by atoms with van der Waals surface area (Å²) in [6.07, 6.45) is 5.74. The van der Waals surface area contributed by atoms with Crippen LogP contribution in [0.5, 0.6) is 5.75 Å². The standard InChI is InChI=1S/C45H41N5O16S6/c51-69(52,53)17-1-13-48(14-2-18-70(54,55)56)31(7-11-44-49(15-3-19-71(57,58)59)36-25-40-34(23-42(36)65-44)32-21-29(46-27-67)5-9-38(32)63-40)8-12-45-50(16-4-20-72(60,61)62)37-26-41-35(24-43(37)66-45)33-22-30(47-28-68)6-10-39(33)64-41/h5-12,21-26H,1-4,13-20H2,(H3-,51,52,53,54,55,56,57,58,59,60,61,62)/p+1. The van der Waals surface area contributed by atoms with E-state index >= 15 is 0 Å². The number of aryl methyl sites for hydroxylation is 1. The molecule has 27 heteroatoms. The monoisotopic (exact) mass is 1100 g/mol. The van der Waals surface area contributed by atoms with Crippen molar-refractivity contribution in [2.45, 2.75) is 32.2 Å². The van der Waals surface area contributed by atoms with Crippen molar-refractivity contribution in [2.24, 2.45) is 9.98 Å². The molecular formula is C45H42N5O16S6+. The third kappa shape index (κ3) is 12.9. The van der Waals surface area contributed by atoms with Gasteiger partial charge in [0.25, 0.3) is 46.0 Å².